The normalized spacial score (nSPS) is 18.1. The first kappa shape index (κ1) is 19.7. The predicted molar refractivity (Wildman–Crippen MR) is 103 cm³/mol. The largest absolute Gasteiger partial charge is 0.444 e. The van der Waals surface area contributed by atoms with Crippen molar-refractivity contribution in [3.8, 4) is 0 Å². The maximum atomic E-state index is 11.9. The first-order chi connectivity index (χ1) is 11.7. The van der Waals surface area contributed by atoms with E-state index in [1.165, 1.54) is 11.1 Å². The summed E-state index contributed by atoms with van der Waals surface area (Å²) in [5.41, 5.74) is 8.78. The molecule has 1 aliphatic carbocycles. The Balaban J connectivity index is 1.97. The molecule has 0 saturated carbocycles. The second-order valence-electron chi connectivity index (χ2n) is 8.28. The molecule has 1 aromatic rings. The molecule has 0 aliphatic heterocycles. The van der Waals surface area contributed by atoms with E-state index in [1.807, 2.05) is 26.8 Å². The number of rotatable bonds is 6. The molecule has 1 aromatic carbocycles. The van der Waals surface area contributed by atoms with Gasteiger partial charge in [0.05, 0.1) is 0 Å². The monoisotopic (exact) mass is 347 g/mol. The lowest BCUT2D eigenvalue weighted by atomic mass is 9.95. The minimum absolute atomic E-state index is 0.373. The zero-order valence-electron chi connectivity index (χ0n) is 16.2. The van der Waals surface area contributed by atoms with E-state index in [1.54, 1.807) is 0 Å². The number of hydrogen-bond donors (Lipinski definition) is 3. The number of aryl methyl sites for hydroxylation is 1. The number of ether oxygens (including phenoxy) is 1. The topological polar surface area (TPSA) is 76.4 Å². The van der Waals surface area contributed by atoms with Gasteiger partial charge in [-0.2, -0.15) is 0 Å². The average Bonchev–Trinajstić information content (AvgIpc) is 2.88. The highest BCUT2D eigenvalue weighted by Gasteiger charge is 2.24. The van der Waals surface area contributed by atoms with E-state index in [-0.39, 0.29) is 0 Å². The van der Waals surface area contributed by atoms with Crippen molar-refractivity contribution in [3.63, 3.8) is 0 Å². The van der Waals surface area contributed by atoms with Crippen LogP contribution in [0.3, 0.4) is 0 Å². The van der Waals surface area contributed by atoms with Crippen molar-refractivity contribution >= 4 is 11.8 Å². The number of anilines is 1. The number of carbonyl (C=O) groups excluding carboxylic acids is 1. The molecule has 2 atom stereocenters. The maximum absolute atomic E-state index is 11.9. The van der Waals surface area contributed by atoms with Crippen molar-refractivity contribution in [2.75, 3.05) is 18.4 Å². The Hall–Kier alpha value is -1.59. The third-order valence-electron chi connectivity index (χ3n) is 4.74. The molecular weight excluding hydrogens is 314 g/mol. The summed E-state index contributed by atoms with van der Waals surface area (Å²) in [5, 5.41) is 6.49. The first-order valence-corrected chi connectivity index (χ1v) is 9.26. The van der Waals surface area contributed by atoms with E-state index in [9.17, 15) is 4.79 Å². The summed E-state index contributed by atoms with van der Waals surface area (Å²) in [6.07, 6.45) is 1.69. The van der Waals surface area contributed by atoms with Crippen LogP contribution in [0.15, 0.2) is 18.2 Å². The van der Waals surface area contributed by atoms with Crippen LogP contribution in [0.25, 0.3) is 0 Å². The van der Waals surface area contributed by atoms with Crippen LogP contribution in [0.2, 0.25) is 0 Å². The van der Waals surface area contributed by atoms with Crippen molar-refractivity contribution in [3.05, 3.63) is 29.3 Å². The predicted octanol–water partition coefficient (Wildman–Crippen LogP) is 3.84. The zero-order valence-corrected chi connectivity index (χ0v) is 16.2. The highest BCUT2D eigenvalue weighted by atomic mass is 16.6. The van der Waals surface area contributed by atoms with E-state index in [4.69, 9.17) is 10.5 Å². The van der Waals surface area contributed by atoms with Gasteiger partial charge in [0, 0.05) is 11.7 Å². The van der Waals surface area contributed by atoms with Crippen molar-refractivity contribution in [1.82, 2.24) is 5.32 Å². The van der Waals surface area contributed by atoms with Gasteiger partial charge in [0.2, 0.25) is 0 Å². The first-order valence-electron chi connectivity index (χ1n) is 9.26. The molecule has 25 heavy (non-hydrogen) atoms. The lowest BCUT2D eigenvalue weighted by Gasteiger charge is -2.23. The minimum atomic E-state index is -0.494. The Morgan fingerprint density at radius 3 is 2.68 bits per heavy atom. The molecule has 0 fully saturated rings. The number of benzene rings is 1. The molecule has 0 saturated heterocycles. The second kappa shape index (κ2) is 8.19. The molecule has 2 rings (SSSR count). The van der Waals surface area contributed by atoms with Crippen molar-refractivity contribution in [2.24, 2.45) is 17.6 Å². The van der Waals surface area contributed by atoms with Crippen LogP contribution in [0, 0.1) is 11.8 Å². The molecule has 0 heterocycles. The van der Waals surface area contributed by atoms with Gasteiger partial charge >= 0.3 is 6.09 Å². The second-order valence-corrected chi connectivity index (χ2v) is 8.28. The Labute approximate surface area is 151 Å². The highest BCUT2D eigenvalue weighted by Crippen LogP contribution is 2.33. The lowest BCUT2D eigenvalue weighted by molar-refractivity contribution is 0.0636. The number of fused-ring (bicyclic) bond motifs is 1. The van der Waals surface area contributed by atoms with Crippen LogP contribution in [0.1, 0.15) is 58.2 Å². The number of hydrogen-bond acceptors (Lipinski definition) is 4. The molecule has 0 aromatic heterocycles. The number of amides is 1. The minimum Gasteiger partial charge on any atom is -0.444 e. The van der Waals surface area contributed by atoms with Crippen LogP contribution in [-0.2, 0) is 11.2 Å². The quantitative estimate of drug-likeness (QED) is 0.731. The van der Waals surface area contributed by atoms with E-state index < -0.39 is 11.7 Å². The summed E-state index contributed by atoms with van der Waals surface area (Å²) in [4.78, 5) is 11.9. The molecule has 1 amide bonds. The Morgan fingerprint density at radius 2 is 2.08 bits per heavy atom. The summed E-state index contributed by atoms with van der Waals surface area (Å²) >= 11 is 0. The fraction of sp³-hybridized carbons (Fsp3) is 0.650. The number of nitrogens with one attached hydrogen (secondary N) is 2. The molecular formula is C20H33N3O2. The third-order valence-corrected chi connectivity index (χ3v) is 4.74. The molecule has 0 radical (unpaired) electrons. The molecule has 4 N–H and O–H groups in total. The van der Waals surface area contributed by atoms with E-state index in [0.717, 1.165) is 25.1 Å². The summed E-state index contributed by atoms with van der Waals surface area (Å²) in [5.74, 6) is 1.08. The van der Waals surface area contributed by atoms with Crippen LogP contribution in [0.5, 0.6) is 0 Å². The van der Waals surface area contributed by atoms with Gasteiger partial charge in [-0.05, 0) is 81.8 Å². The van der Waals surface area contributed by atoms with Crippen LogP contribution in [-0.4, -0.2) is 24.8 Å². The number of nitrogens with two attached hydrogens (primary N) is 1. The van der Waals surface area contributed by atoms with Gasteiger partial charge in [0.1, 0.15) is 5.60 Å². The van der Waals surface area contributed by atoms with E-state index in [2.05, 4.69) is 36.6 Å². The van der Waals surface area contributed by atoms with Gasteiger partial charge in [-0.25, -0.2) is 4.79 Å². The lowest BCUT2D eigenvalue weighted by Crippen LogP contribution is -2.33. The molecule has 0 bridgehead atoms. The molecule has 5 nitrogen and oxygen atoms in total. The van der Waals surface area contributed by atoms with Gasteiger partial charge in [0.25, 0.3) is 0 Å². The smallest absolute Gasteiger partial charge is 0.412 e. The van der Waals surface area contributed by atoms with Crippen LogP contribution < -0.4 is 16.4 Å². The average molecular weight is 348 g/mol. The van der Waals surface area contributed by atoms with Gasteiger partial charge < -0.3 is 15.8 Å². The SMILES string of the molecule is CC(C)C(CN)CNC1CCc2cc(NC(=O)OC(C)(C)C)ccc21. The standard InChI is InChI=1S/C20H33N3O2/c1-13(2)15(11-21)12-22-18-9-6-14-10-16(7-8-17(14)18)23-19(24)25-20(3,4)5/h7-8,10,13,15,18,22H,6,9,11-12,21H2,1-5H3,(H,23,24). The fourth-order valence-corrected chi connectivity index (χ4v) is 3.21. The third kappa shape index (κ3) is 5.72. The zero-order chi connectivity index (χ0) is 18.6. The Bertz CT molecular complexity index is 593. The summed E-state index contributed by atoms with van der Waals surface area (Å²) in [7, 11) is 0. The Morgan fingerprint density at radius 1 is 1.36 bits per heavy atom. The van der Waals surface area contributed by atoms with Crippen LogP contribution in [0.4, 0.5) is 10.5 Å². The summed E-state index contributed by atoms with van der Waals surface area (Å²) in [6.45, 7) is 11.7. The van der Waals surface area contributed by atoms with Gasteiger partial charge in [-0.1, -0.05) is 19.9 Å². The van der Waals surface area contributed by atoms with E-state index in [0.29, 0.717) is 24.4 Å². The van der Waals surface area contributed by atoms with Crippen molar-refractivity contribution < 1.29 is 9.53 Å². The molecule has 2 unspecified atom stereocenters. The number of carbonyl (C=O) groups is 1. The van der Waals surface area contributed by atoms with Gasteiger partial charge in [0.15, 0.2) is 0 Å². The molecule has 140 valence electrons. The molecule has 0 spiro atoms. The summed E-state index contributed by atoms with van der Waals surface area (Å²) in [6, 6.07) is 6.49. The highest BCUT2D eigenvalue weighted by molar-refractivity contribution is 5.85. The van der Waals surface area contributed by atoms with Crippen molar-refractivity contribution in [2.45, 2.75) is 59.1 Å². The molecule has 1 aliphatic rings. The summed E-state index contributed by atoms with van der Waals surface area (Å²) < 4.78 is 5.31. The maximum Gasteiger partial charge on any atom is 0.412 e. The van der Waals surface area contributed by atoms with Crippen molar-refractivity contribution in [1.29, 1.82) is 0 Å². The van der Waals surface area contributed by atoms with Gasteiger partial charge in [-0.15, -0.1) is 0 Å². The van der Waals surface area contributed by atoms with E-state index >= 15 is 0 Å². The Kier molecular flexibility index (Phi) is 6.47. The van der Waals surface area contributed by atoms with Gasteiger partial charge in [-0.3, -0.25) is 5.32 Å². The van der Waals surface area contributed by atoms with Crippen LogP contribution >= 0.6 is 0 Å². The fourth-order valence-electron chi connectivity index (χ4n) is 3.21. The molecule has 5 heteroatoms.